The van der Waals surface area contributed by atoms with Crippen LogP contribution in [0.1, 0.15) is 22.8 Å². The minimum atomic E-state index is 0.0251. The van der Waals surface area contributed by atoms with Crippen LogP contribution in [-0.4, -0.2) is 11.4 Å². The summed E-state index contributed by atoms with van der Waals surface area (Å²) in [5.74, 6) is 0.0251. The zero-order chi connectivity index (χ0) is 12.3. The molecule has 0 heterocycles. The number of phenolic OH excluding ortho intramolecular Hbond substituents is 1. The number of aldehydes is 1. The molecule has 0 saturated heterocycles. The Bertz CT molecular complexity index is 527. The summed E-state index contributed by atoms with van der Waals surface area (Å²) >= 11 is 0. The van der Waals surface area contributed by atoms with Crippen molar-refractivity contribution in [1.29, 1.82) is 0 Å². The van der Waals surface area contributed by atoms with E-state index in [1.54, 1.807) is 12.1 Å². The molecular formula is C15H14O2. The highest BCUT2D eigenvalue weighted by atomic mass is 16.3. The Kier molecular flexibility index (Phi) is 3.24. The van der Waals surface area contributed by atoms with Crippen molar-refractivity contribution in [2.24, 2.45) is 0 Å². The maximum Gasteiger partial charge on any atom is 0.153 e. The van der Waals surface area contributed by atoms with Crippen LogP contribution in [0.15, 0.2) is 42.5 Å². The zero-order valence-corrected chi connectivity index (χ0v) is 9.68. The highest BCUT2D eigenvalue weighted by molar-refractivity contribution is 5.81. The standard InChI is InChI=1S/C15H14O2/c1-2-11-3-5-12(6-4-11)13-7-8-14(10-16)15(17)9-13/h3-10,17H,2H2,1H3. The van der Waals surface area contributed by atoms with E-state index in [4.69, 9.17) is 0 Å². The molecule has 0 radical (unpaired) electrons. The minimum absolute atomic E-state index is 0.0251. The maximum atomic E-state index is 10.6. The van der Waals surface area contributed by atoms with Gasteiger partial charge >= 0.3 is 0 Å². The van der Waals surface area contributed by atoms with Gasteiger partial charge in [0.15, 0.2) is 6.29 Å². The maximum absolute atomic E-state index is 10.6. The second-order valence-corrected chi connectivity index (χ2v) is 3.94. The molecule has 0 aliphatic rings. The molecule has 0 atom stereocenters. The third-order valence-electron chi connectivity index (χ3n) is 2.85. The first kappa shape index (κ1) is 11.4. The zero-order valence-electron chi connectivity index (χ0n) is 9.68. The molecule has 2 rings (SSSR count). The van der Waals surface area contributed by atoms with Gasteiger partial charge in [0, 0.05) is 0 Å². The van der Waals surface area contributed by atoms with Gasteiger partial charge in [0.2, 0.25) is 0 Å². The number of benzene rings is 2. The lowest BCUT2D eigenvalue weighted by molar-refractivity contribution is 0.112. The quantitative estimate of drug-likeness (QED) is 0.814. The van der Waals surface area contributed by atoms with Crippen LogP contribution in [0.3, 0.4) is 0 Å². The largest absolute Gasteiger partial charge is 0.507 e. The Hall–Kier alpha value is -2.09. The second-order valence-electron chi connectivity index (χ2n) is 3.94. The van der Waals surface area contributed by atoms with E-state index in [0.717, 1.165) is 17.5 Å². The Labute approximate surface area is 101 Å². The molecule has 0 bridgehead atoms. The van der Waals surface area contributed by atoms with Crippen LogP contribution < -0.4 is 0 Å². The Morgan fingerprint density at radius 1 is 1.06 bits per heavy atom. The van der Waals surface area contributed by atoms with Gasteiger partial charge in [-0.15, -0.1) is 0 Å². The van der Waals surface area contributed by atoms with Crippen molar-refractivity contribution in [3.8, 4) is 16.9 Å². The lowest BCUT2D eigenvalue weighted by Crippen LogP contribution is -1.84. The average molecular weight is 226 g/mol. The van der Waals surface area contributed by atoms with Crippen molar-refractivity contribution in [1.82, 2.24) is 0 Å². The van der Waals surface area contributed by atoms with Crippen LogP contribution in [0, 0.1) is 0 Å². The number of phenols is 1. The summed E-state index contributed by atoms with van der Waals surface area (Å²) in [5, 5.41) is 9.62. The lowest BCUT2D eigenvalue weighted by Gasteiger charge is -2.05. The predicted octanol–water partition coefficient (Wildman–Crippen LogP) is 3.43. The van der Waals surface area contributed by atoms with Crippen LogP contribution >= 0.6 is 0 Å². The molecule has 0 spiro atoms. The fourth-order valence-corrected chi connectivity index (χ4v) is 1.76. The average Bonchev–Trinajstić information content (AvgIpc) is 2.39. The topological polar surface area (TPSA) is 37.3 Å². The number of carbonyl (C=O) groups is 1. The van der Waals surface area contributed by atoms with E-state index in [2.05, 4.69) is 19.1 Å². The van der Waals surface area contributed by atoms with Gasteiger partial charge in [0.05, 0.1) is 5.56 Å². The molecule has 1 N–H and O–H groups in total. The van der Waals surface area contributed by atoms with E-state index in [0.29, 0.717) is 11.8 Å². The van der Waals surface area contributed by atoms with Gasteiger partial charge in [0.1, 0.15) is 5.75 Å². The molecule has 0 saturated carbocycles. The van der Waals surface area contributed by atoms with Crippen LogP contribution in [0.4, 0.5) is 0 Å². The van der Waals surface area contributed by atoms with Crippen molar-refractivity contribution < 1.29 is 9.90 Å². The summed E-state index contributed by atoms with van der Waals surface area (Å²) < 4.78 is 0. The Morgan fingerprint density at radius 3 is 2.24 bits per heavy atom. The first-order valence-electron chi connectivity index (χ1n) is 5.62. The third kappa shape index (κ3) is 2.36. The SMILES string of the molecule is CCc1ccc(-c2ccc(C=O)c(O)c2)cc1. The normalized spacial score (nSPS) is 10.2. The van der Waals surface area contributed by atoms with Gasteiger partial charge in [-0.05, 0) is 35.2 Å². The molecule has 0 aliphatic heterocycles. The van der Waals surface area contributed by atoms with Gasteiger partial charge in [-0.2, -0.15) is 0 Å². The van der Waals surface area contributed by atoms with Crippen molar-refractivity contribution in [3.63, 3.8) is 0 Å². The van der Waals surface area contributed by atoms with Gasteiger partial charge < -0.3 is 5.11 Å². The summed E-state index contributed by atoms with van der Waals surface area (Å²) in [4.78, 5) is 10.6. The monoisotopic (exact) mass is 226 g/mol. The highest BCUT2D eigenvalue weighted by Gasteiger charge is 2.03. The van der Waals surface area contributed by atoms with Crippen LogP contribution in [0.2, 0.25) is 0 Å². The number of carbonyl (C=O) groups excluding carboxylic acids is 1. The van der Waals surface area contributed by atoms with E-state index in [-0.39, 0.29) is 5.75 Å². The molecule has 2 heteroatoms. The molecular weight excluding hydrogens is 212 g/mol. The summed E-state index contributed by atoms with van der Waals surface area (Å²) in [6, 6.07) is 13.3. The van der Waals surface area contributed by atoms with Gasteiger partial charge in [0.25, 0.3) is 0 Å². The summed E-state index contributed by atoms with van der Waals surface area (Å²) in [7, 11) is 0. The molecule has 2 nitrogen and oxygen atoms in total. The molecule has 0 fully saturated rings. The molecule has 0 aromatic heterocycles. The third-order valence-corrected chi connectivity index (χ3v) is 2.85. The predicted molar refractivity (Wildman–Crippen MR) is 68.3 cm³/mol. The van der Waals surface area contributed by atoms with Crippen molar-refractivity contribution in [2.75, 3.05) is 0 Å². The highest BCUT2D eigenvalue weighted by Crippen LogP contribution is 2.25. The second kappa shape index (κ2) is 4.83. The van der Waals surface area contributed by atoms with Gasteiger partial charge in [-0.25, -0.2) is 0 Å². The van der Waals surface area contributed by atoms with Crippen molar-refractivity contribution in [2.45, 2.75) is 13.3 Å². The van der Waals surface area contributed by atoms with E-state index in [9.17, 15) is 9.90 Å². The fourth-order valence-electron chi connectivity index (χ4n) is 1.76. The summed E-state index contributed by atoms with van der Waals surface area (Å²) in [5.41, 5.74) is 3.55. The molecule has 0 unspecified atom stereocenters. The first-order chi connectivity index (χ1) is 8.24. The molecule has 2 aromatic carbocycles. The number of aromatic hydroxyl groups is 1. The number of rotatable bonds is 3. The molecule has 0 aliphatic carbocycles. The fraction of sp³-hybridized carbons (Fsp3) is 0.133. The molecule has 86 valence electrons. The smallest absolute Gasteiger partial charge is 0.153 e. The van der Waals surface area contributed by atoms with E-state index in [1.165, 1.54) is 5.56 Å². The van der Waals surface area contributed by atoms with Crippen molar-refractivity contribution in [3.05, 3.63) is 53.6 Å². The number of aryl methyl sites for hydroxylation is 1. The molecule has 0 amide bonds. The lowest BCUT2D eigenvalue weighted by atomic mass is 10.0. The summed E-state index contributed by atoms with van der Waals surface area (Å²) in [6.07, 6.45) is 1.66. The molecule has 2 aromatic rings. The summed E-state index contributed by atoms with van der Waals surface area (Å²) in [6.45, 7) is 2.11. The van der Waals surface area contributed by atoms with E-state index >= 15 is 0 Å². The Balaban J connectivity index is 2.38. The van der Waals surface area contributed by atoms with Crippen LogP contribution in [0.5, 0.6) is 5.75 Å². The van der Waals surface area contributed by atoms with Crippen molar-refractivity contribution >= 4 is 6.29 Å². The van der Waals surface area contributed by atoms with Crippen LogP contribution in [0.25, 0.3) is 11.1 Å². The molecule has 17 heavy (non-hydrogen) atoms. The van der Waals surface area contributed by atoms with Crippen LogP contribution in [-0.2, 0) is 6.42 Å². The van der Waals surface area contributed by atoms with E-state index < -0.39 is 0 Å². The van der Waals surface area contributed by atoms with Gasteiger partial charge in [-0.1, -0.05) is 37.3 Å². The number of hydrogen-bond donors (Lipinski definition) is 1. The Morgan fingerprint density at radius 2 is 1.71 bits per heavy atom. The minimum Gasteiger partial charge on any atom is -0.507 e. The number of hydrogen-bond acceptors (Lipinski definition) is 2. The van der Waals surface area contributed by atoms with E-state index in [1.807, 2.05) is 18.2 Å². The first-order valence-corrected chi connectivity index (χ1v) is 5.62. The van der Waals surface area contributed by atoms with Gasteiger partial charge in [-0.3, -0.25) is 4.79 Å².